The van der Waals surface area contributed by atoms with Gasteiger partial charge in [-0.3, -0.25) is 4.79 Å². The average molecular weight is 332 g/mol. The molecule has 0 radical (unpaired) electrons. The zero-order chi connectivity index (χ0) is 15.7. The van der Waals surface area contributed by atoms with Crippen LogP contribution in [0.25, 0.3) is 6.08 Å². The molecular weight excluding hydrogens is 320 g/mol. The first-order valence-corrected chi connectivity index (χ1v) is 7.70. The minimum atomic E-state index is -0.274. The van der Waals surface area contributed by atoms with Crippen molar-refractivity contribution in [3.63, 3.8) is 0 Å². The second-order valence-corrected chi connectivity index (χ2v) is 6.31. The van der Waals surface area contributed by atoms with Crippen LogP contribution in [0.3, 0.4) is 0 Å². The first kappa shape index (κ1) is 14.8. The Labute approximate surface area is 136 Å². The van der Waals surface area contributed by atoms with Gasteiger partial charge in [-0.1, -0.05) is 11.8 Å². The Balaban J connectivity index is 1.79. The highest BCUT2D eigenvalue weighted by molar-refractivity contribution is 8.26. The van der Waals surface area contributed by atoms with Crippen LogP contribution in [0.1, 0.15) is 23.0 Å². The fourth-order valence-electron chi connectivity index (χ4n) is 1.86. The Bertz CT molecular complexity index is 801. The molecule has 2 aromatic heterocycles. The molecule has 3 rings (SSSR count). The lowest BCUT2D eigenvalue weighted by molar-refractivity contribution is -0.122. The normalized spacial score (nSPS) is 17.4. The predicted octanol–water partition coefficient (Wildman–Crippen LogP) is 3.72. The van der Waals surface area contributed by atoms with Crippen molar-refractivity contribution in [3.8, 4) is 0 Å². The molecule has 0 saturated carbocycles. The molecule has 3 heterocycles. The van der Waals surface area contributed by atoms with E-state index in [2.05, 4.69) is 5.10 Å². The SMILES string of the molecule is Cc1ccc(/C=N\N2C(=O)/C(=C\c3ccc(C)o3)SC2=S)o1. The summed E-state index contributed by atoms with van der Waals surface area (Å²) in [4.78, 5) is 12.8. The van der Waals surface area contributed by atoms with Gasteiger partial charge in [0.15, 0.2) is 4.32 Å². The van der Waals surface area contributed by atoms with E-state index in [4.69, 9.17) is 21.1 Å². The smallest absolute Gasteiger partial charge is 0.286 e. The Morgan fingerprint density at radius 1 is 1.14 bits per heavy atom. The molecule has 0 unspecified atom stereocenters. The summed E-state index contributed by atoms with van der Waals surface area (Å²) in [5, 5.41) is 5.28. The first-order chi connectivity index (χ1) is 10.5. The summed E-state index contributed by atoms with van der Waals surface area (Å²) in [5.41, 5.74) is 0. The van der Waals surface area contributed by atoms with Gasteiger partial charge in [0, 0.05) is 6.08 Å². The number of hydrogen-bond acceptors (Lipinski definition) is 6. The third-order valence-corrected chi connectivity index (χ3v) is 4.15. The number of nitrogens with zero attached hydrogens (tertiary/aromatic N) is 2. The molecule has 1 aliphatic heterocycles. The van der Waals surface area contributed by atoms with Crippen molar-refractivity contribution in [2.75, 3.05) is 0 Å². The summed E-state index contributed by atoms with van der Waals surface area (Å²) in [7, 11) is 0. The number of furan rings is 2. The van der Waals surface area contributed by atoms with E-state index in [1.54, 1.807) is 18.2 Å². The van der Waals surface area contributed by atoms with Crippen LogP contribution in [-0.2, 0) is 4.79 Å². The molecule has 0 aromatic carbocycles. The number of carbonyl (C=O) groups is 1. The summed E-state index contributed by atoms with van der Waals surface area (Å²) in [5.74, 6) is 2.47. The highest BCUT2D eigenvalue weighted by Crippen LogP contribution is 2.33. The molecule has 1 amide bonds. The fraction of sp³-hybridized carbons (Fsp3) is 0.133. The van der Waals surface area contributed by atoms with Gasteiger partial charge >= 0.3 is 0 Å². The van der Waals surface area contributed by atoms with Gasteiger partial charge < -0.3 is 8.83 Å². The van der Waals surface area contributed by atoms with E-state index >= 15 is 0 Å². The largest absolute Gasteiger partial charge is 0.462 e. The highest BCUT2D eigenvalue weighted by atomic mass is 32.2. The van der Waals surface area contributed by atoms with Crippen molar-refractivity contribution in [2.45, 2.75) is 13.8 Å². The molecule has 112 valence electrons. The third-order valence-electron chi connectivity index (χ3n) is 2.87. The minimum Gasteiger partial charge on any atom is -0.462 e. The number of aryl methyl sites for hydroxylation is 2. The quantitative estimate of drug-likeness (QED) is 0.487. The van der Waals surface area contributed by atoms with Gasteiger partial charge in [0.25, 0.3) is 5.91 Å². The molecule has 2 aromatic rings. The molecule has 0 bridgehead atoms. The Hall–Kier alpha value is -2.12. The summed E-state index contributed by atoms with van der Waals surface area (Å²) < 4.78 is 11.2. The summed E-state index contributed by atoms with van der Waals surface area (Å²) >= 11 is 6.38. The van der Waals surface area contributed by atoms with Gasteiger partial charge in [0.05, 0.1) is 11.1 Å². The number of hydrazone groups is 1. The van der Waals surface area contributed by atoms with Crippen molar-refractivity contribution >= 4 is 46.5 Å². The van der Waals surface area contributed by atoms with Crippen molar-refractivity contribution in [1.82, 2.24) is 5.01 Å². The van der Waals surface area contributed by atoms with Crippen molar-refractivity contribution in [3.05, 3.63) is 52.2 Å². The van der Waals surface area contributed by atoms with E-state index in [0.717, 1.165) is 11.5 Å². The topological polar surface area (TPSA) is 59.0 Å². The standard InChI is InChI=1S/C15H12N2O3S2/c1-9-3-5-11(19-9)7-13-14(18)17(15(21)22-13)16-8-12-6-4-10(2)20-12/h3-8H,1-2H3/b13-7+,16-8-. The maximum Gasteiger partial charge on any atom is 0.286 e. The summed E-state index contributed by atoms with van der Waals surface area (Å²) in [6.45, 7) is 3.68. The second-order valence-electron chi connectivity index (χ2n) is 4.63. The lowest BCUT2D eigenvalue weighted by Gasteiger charge is -2.04. The van der Waals surface area contributed by atoms with Gasteiger partial charge in [0.2, 0.25) is 0 Å². The molecule has 7 heteroatoms. The first-order valence-electron chi connectivity index (χ1n) is 6.48. The summed E-state index contributed by atoms with van der Waals surface area (Å²) in [6.07, 6.45) is 3.14. The van der Waals surface area contributed by atoms with Crippen LogP contribution < -0.4 is 0 Å². The summed E-state index contributed by atoms with van der Waals surface area (Å²) in [6, 6.07) is 7.24. The molecule has 1 saturated heterocycles. The number of carbonyl (C=O) groups excluding carboxylic acids is 1. The molecule has 0 N–H and O–H groups in total. The number of amides is 1. The van der Waals surface area contributed by atoms with E-state index in [1.165, 1.54) is 23.0 Å². The lowest BCUT2D eigenvalue weighted by Crippen LogP contribution is -2.22. The minimum absolute atomic E-state index is 0.274. The zero-order valence-corrected chi connectivity index (χ0v) is 13.5. The van der Waals surface area contributed by atoms with E-state index in [1.807, 2.05) is 26.0 Å². The molecule has 0 atom stereocenters. The maximum atomic E-state index is 12.3. The predicted molar refractivity (Wildman–Crippen MR) is 89.5 cm³/mol. The third kappa shape index (κ3) is 3.05. The molecular formula is C15H12N2O3S2. The van der Waals surface area contributed by atoms with E-state index in [-0.39, 0.29) is 5.91 Å². The molecule has 22 heavy (non-hydrogen) atoms. The van der Waals surface area contributed by atoms with Crippen LogP contribution in [0.2, 0.25) is 0 Å². The lowest BCUT2D eigenvalue weighted by atomic mass is 10.4. The second kappa shape index (κ2) is 5.94. The molecule has 1 fully saturated rings. The number of hydrogen-bond donors (Lipinski definition) is 0. The monoisotopic (exact) mass is 332 g/mol. The van der Waals surface area contributed by atoms with Crippen LogP contribution in [0, 0.1) is 13.8 Å². The van der Waals surface area contributed by atoms with Crippen LogP contribution in [-0.4, -0.2) is 21.5 Å². The Morgan fingerprint density at radius 2 is 1.77 bits per heavy atom. The maximum absolute atomic E-state index is 12.3. The van der Waals surface area contributed by atoms with E-state index in [9.17, 15) is 4.79 Å². The van der Waals surface area contributed by atoms with Crippen LogP contribution in [0.4, 0.5) is 0 Å². The van der Waals surface area contributed by atoms with Crippen LogP contribution in [0.15, 0.2) is 43.1 Å². The Kier molecular flexibility index (Phi) is 4.00. The Morgan fingerprint density at radius 3 is 2.36 bits per heavy atom. The van der Waals surface area contributed by atoms with Gasteiger partial charge in [0.1, 0.15) is 23.0 Å². The molecule has 0 spiro atoms. The fourth-order valence-corrected chi connectivity index (χ4v) is 3.01. The molecule has 1 aliphatic rings. The number of rotatable bonds is 3. The van der Waals surface area contributed by atoms with Crippen molar-refractivity contribution in [1.29, 1.82) is 0 Å². The van der Waals surface area contributed by atoms with Crippen molar-refractivity contribution < 1.29 is 13.6 Å². The van der Waals surface area contributed by atoms with Gasteiger partial charge in [-0.05, 0) is 50.3 Å². The zero-order valence-electron chi connectivity index (χ0n) is 11.9. The van der Waals surface area contributed by atoms with E-state index in [0.29, 0.717) is 20.7 Å². The number of thiocarbonyl (C=S) groups is 1. The van der Waals surface area contributed by atoms with Crippen molar-refractivity contribution in [2.24, 2.45) is 5.10 Å². The van der Waals surface area contributed by atoms with Gasteiger partial charge in [-0.25, -0.2) is 0 Å². The van der Waals surface area contributed by atoms with E-state index < -0.39 is 0 Å². The molecule has 0 aliphatic carbocycles. The van der Waals surface area contributed by atoms with Crippen LogP contribution >= 0.6 is 24.0 Å². The average Bonchev–Trinajstić information content (AvgIpc) is 3.12. The number of thioether (sulfide) groups is 1. The van der Waals surface area contributed by atoms with Gasteiger partial charge in [-0.15, -0.1) is 0 Å². The van der Waals surface area contributed by atoms with Gasteiger partial charge in [-0.2, -0.15) is 10.1 Å². The van der Waals surface area contributed by atoms with Crippen LogP contribution in [0.5, 0.6) is 0 Å². The molecule has 5 nitrogen and oxygen atoms in total. The highest BCUT2D eigenvalue weighted by Gasteiger charge is 2.32.